The molecule has 0 saturated heterocycles. The summed E-state index contributed by atoms with van der Waals surface area (Å²) >= 11 is 1.28. The van der Waals surface area contributed by atoms with E-state index >= 15 is 0 Å². The molecule has 0 radical (unpaired) electrons. The summed E-state index contributed by atoms with van der Waals surface area (Å²) in [4.78, 5) is 15.7. The molecule has 2 rings (SSSR count). The van der Waals surface area contributed by atoms with Crippen molar-refractivity contribution in [2.75, 3.05) is 0 Å². The van der Waals surface area contributed by atoms with Crippen molar-refractivity contribution >= 4 is 17.3 Å². The van der Waals surface area contributed by atoms with Gasteiger partial charge < -0.3 is 0 Å². The second-order valence-electron chi connectivity index (χ2n) is 2.96. The number of pyridine rings is 1. The van der Waals surface area contributed by atoms with Crippen molar-refractivity contribution in [3.63, 3.8) is 0 Å². The van der Waals surface area contributed by atoms with Gasteiger partial charge in [0.05, 0.1) is 0 Å². The summed E-state index contributed by atoms with van der Waals surface area (Å²) < 4.78 is 3.99. The van der Waals surface area contributed by atoms with Crippen LogP contribution in [0.25, 0.3) is 0 Å². The Hall–Kier alpha value is -1.55. The molecule has 0 aliphatic heterocycles. The second kappa shape index (κ2) is 3.67. The van der Waals surface area contributed by atoms with E-state index in [1.165, 1.54) is 11.5 Å². The zero-order valence-corrected chi connectivity index (χ0v) is 8.41. The highest BCUT2D eigenvalue weighted by Crippen LogP contribution is 2.09. The van der Waals surface area contributed by atoms with Crippen molar-refractivity contribution in [1.29, 1.82) is 0 Å². The lowest BCUT2D eigenvalue weighted by molar-refractivity contribution is 0.103. The number of carbonyl (C=O) groups excluding carboxylic acids is 1. The van der Waals surface area contributed by atoms with E-state index < -0.39 is 0 Å². The third kappa shape index (κ3) is 1.70. The first-order valence-corrected chi connectivity index (χ1v) is 4.98. The lowest BCUT2D eigenvalue weighted by Crippen LogP contribution is -2.02. The molecule has 0 unspecified atom stereocenters. The summed E-state index contributed by atoms with van der Waals surface area (Å²) in [5.74, 6) is -0.0672. The Morgan fingerprint density at radius 2 is 2.29 bits per heavy atom. The van der Waals surface area contributed by atoms with Crippen molar-refractivity contribution < 1.29 is 4.79 Å². The molecule has 14 heavy (non-hydrogen) atoms. The first-order chi connectivity index (χ1) is 6.77. The molecular weight excluding hydrogens is 196 g/mol. The standard InChI is InChI=1S/C10H8N2OS/c1-7-4-8(6-11-5-7)10(13)9-2-3-14-12-9/h2-6H,1H3. The van der Waals surface area contributed by atoms with Gasteiger partial charge in [0, 0.05) is 23.3 Å². The summed E-state index contributed by atoms with van der Waals surface area (Å²) in [6.07, 6.45) is 3.28. The molecule has 0 spiro atoms. The van der Waals surface area contributed by atoms with Crippen LogP contribution in [0.1, 0.15) is 21.6 Å². The molecule has 0 amide bonds. The molecule has 2 aromatic rings. The van der Waals surface area contributed by atoms with E-state index in [9.17, 15) is 4.79 Å². The van der Waals surface area contributed by atoms with Crippen molar-refractivity contribution in [3.05, 3.63) is 46.7 Å². The van der Waals surface area contributed by atoms with Gasteiger partial charge in [0.15, 0.2) is 0 Å². The maximum absolute atomic E-state index is 11.8. The Balaban J connectivity index is 2.37. The fraction of sp³-hybridized carbons (Fsp3) is 0.100. The molecule has 70 valence electrons. The van der Waals surface area contributed by atoms with E-state index in [-0.39, 0.29) is 5.78 Å². The van der Waals surface area contributed by atoms with Gasteiger partial charge in [-0.1, -0.05) is 0 Å². The predicted molar refractivity (Wildman–Crippen MR) is 54.5 cm³/mol. The lowest BCUT2D eigenvalue weighted by Gasteiger charge is -1.97. The molecule has 0 aliphatic rings. The average Bonchev–Trinajstić information content (AvgIpc) is 2.69. The van der Waals surface area contributed by atoms with E-state index in [1.54, 1.807) is 23.8 Å². The zero-order valence-electron chi connectivity index (χ0n) is 7.60. The predicted octanol–water partition coefficient (Wildman–Crippen LogP) is 2.08. The molecule has 0 saturated carbocycles. The molecule has 2 aromatic heterocycles. The third-order valence-electron chi connectivity index (χ3n) is 1.81. The van der Waals surface area contributed by atoms with Crippen molar-refractivity contribution in [2.24, 2.45) is 0 Å². The highest BCUT2D eigenvalue weighted by Gasteiger charge is 2.10. The van der Waals surface area contributed by atoms with E-state index in [0.29, 0.717) is 11.3 Å². The van der Waals surface area contributed by atoms with Crippen LogP contribution in [0.4, 0.5) is 0 Å². The van der Waals surface area contributed by atoms with Crippen molar-refractivity contribution in [2.45, 2.75) is 6.92 Å². The van der Waals surface area contributed by atoms with Gasteiger partial charge >= 0.3 is 0 Å². The van der Waals surface area contributed by atoms with Gasteiger partial charge in [-0.3, -0.25) is 9.78 Å². The first-order valence-electron chi connectivity index (χ1n) is 4.14. The lowest BCUT2D eigenvalue weighted by atomic mass is 10.1. The molecule has 0 fully saturated rings. The van der Waals surface area contributed by atoms with E-state index in [4.69, 9.17) is 0 Å². The van der Waals surface area contributed by atoms with Crippen LogP contribution in [0.15, 0.2) is 29.9 Å². The highest BCUT2D eigenvalue weighted by molar-refractivity contribution is 7.03. The van der Waals surface area contributed by atoms with Crippen LogP contribution in [0.5, 0.6) is 0 Å². The van der Waals surface area contributed by atoms with Crippen LogP contribution in [0.2, 0.25) is 0 Å². The molecule has 0 aromatic carbocycles. The number of rotatable bonds is 2. The molecular formula is C10H8N2OS. The monoisotopic (exact) mass is 204 g/mol. The Labute approximate surface area is 85.6 Å². The molecule has 4 heteroatoms. The SMILES string of the molecule is Cc1cncc(C(=O)c2ccsn2)c1. The first kappa shape index (κ1) is 9.02. The summed E-state index contributed by atoms with van der Waals surface area (Å²) in [6, 6.07) is 3.53. The van der Waals surface area contributed by atoms with Crippen LogP contribution in [-0.2, 0) is 0 Å². The second-order valence-corrected chi connectivity index (χ2v) is 3.63. The summed E-state index contributed by atoms with van der Waals surface area (Å²) in [6.45, 7) is 1.91. The maximum Gasteiger partial charge on any atom is 0.213 e. The van der Waals surface area contributed by atoms with Crippen LogP contribution in [0, 0.1) is 6.92 Å². The molecule has 0 bridgehead atoms. The van der Waals surface area contributed by atoms with Crippen LogP contribution >= 0.6 is 11.5 Å². The average molecular weight is 204 g/mol. The molecule has 0 aliphatic carbocycles. The number of hydrogen-bond donors (Lipinski definition) is 0. The number of carbonyl (C=O) groups is 1. The van der Waals surface area contributed by atoms with Crippen molar-refractivity contribution in [1.82, 2.24) is 9.36 Å². The maximum atomic E-state index is 11.8. The van der Waals surface area contributed by atoms with Gasteiger partial charge in [-0.2, -0.15) is 4.37 Å². The molecule has 3 nitrogen and oxygen atoms in total. The van der Waals surface area contributed by atoms with Gasteiger partial charge in [-0.15, -0.1) is 0 Å². The highest BCUT2D eigenvalue weighted by atomic mass is 32.1. The van der Waals surface area contributed by atoms with Gasteiger partial charge in [0.1, 0.15) is 5.69 Å². The van der Waals surface area contributed by atoms with Crippen molar-refractivity contribution in [3.8, 4) is 0 Å². The Kier molecular flexibility index (Phi) is 2.37. The number of aromatic nitrogens is 2. The number of aryl methyl sites for hydroxylation is 1. The van der Waals surface area contributed by atoms with Gasteiger partial charge in [0.2, 0.25) is 5.78 Å². The minimum atomic E-state index is -0.0672. The van der Waals surface area contributed by atoms with Gasteiger partial charge in [-0.25, -0.2) is 0 Å². The fourth-order valence-electron chi connectivity index (χ4n) is 1.16. The van der Waals surface area contributed by atoms with Gasteiger partial charge in [0.25, 0.3) is 0 Å². The van der Waals surface area contributed by atoms with E-state index in [1.807, 2.05) is 13.0 Å². The molecule has 0 atom stereocenters. The Bertz CT molecular complexity index is 451. The Morgan fingerprint density at radius 1 is 1.43 bits per heavy atom. The summed E-state index contributed by atoms with van der Waals surface area (Å²) in [5, 5.41) is 1.79. The fourth-order valence-corrected chi connectivity index (χ4v) is 1.66. The summed E-state index contributed by atoms with van der Waals surface area (Å²) in [7, 11) is 0. The minimum absolute atomic E-state index is 0.0672. The minimum Gasteiger partial charge on any atom is -0.287 e. The topological polar surface area (TPSA) is 42.9 Å². The number of ketones is 1. The third-order valence-corrected chi connectivity index (χ3v) is 2.37. The van der Waals surface area contributed by atoms with Gasteiger partial charge in [-0.05, 0) is 36.2 Å². The van der Waals surface area contributed by atoms with E-state index in [0.717, 1.165) is 5.56 Å². The quantitative estimate of drug-likeness (QED) is 0.703. The van der Waals surface area contributed by atoms with Crippen LogP contribution in [0.3, 0.4) is 0 Å². The molecule has 0 N–H and O–H groups in total. The molecule has 2 heterocycles. The number of nitrogens with zero attached hydrogens (tertiary/aromatic N) is 2. The summed E-state index contributed by atoms with van der Waals surface area (Å²) in [5.41, 5.74) is 2.06. The Morgan fingerprint density at radius 3 is 2.93 bits per heavy atom. The number of hydrogen-bond acceptors (Lipinski definition) is 4. The van der Waals surface area contributed by atoms with Crippen LogP contribution in [-0.4, -0.2) is 15.1 Å². The van der Waals surface area contributed by atoms with E-state index in [2.05, 4.69) is 9.36 Å². The van der Waals surface area contributed by atoms with Crippen LogP contribution < -0.4 is 0 Å². The smallest absolute Gasteiger partial charge is 0.213 e. The normalized spacial score (nSPS) is 10.1. The largest absolute Gasteiger partial charge is 0.287 e. The zero-order chi connectivity index (χ0) is 9.97.